The first kappa shape index (κ1) is 20.4. The fraction of sp³-hybridized carbons (Fsp3) is 0.278. The molecule has 1 atom stereocenters. The van der Waals surface area contributed by atoms with E-state index in [1.54, 1.807) is 12.1 Å². The predicted octanol–water partition coefficient (Wildman–Crippen LogP) is 1.24. The summed E-state index contributed by atoms with van der Waals surface area (Å²) in [6.45, 7) is 0.903. The zero-order valence-electron chi connectivity index (χ0n) is 15.0. The third-order valence-electron chi connectivity index (χ3n) is 3.75. The molecule has 1 amide bonds. The second kappa shape index (κ2) is 8.64. The molecule has 1 unspecified atom stereocenters. The molecule has 2 rings (SSSR count). The smallest absolute Gasteiger partial charge is 0.279 e. The van der Waals surface area contributed by atoms with Crippen molar-refractivity contribution in [3.63, 3.8) is 0 Å². The second-order valence-electron chi connectivity index (χ2n) is 6.30. The molecule has 8 heteroatoms. The number of hydrogen-bond donors (Lipinski definition) is 2. The lowest BCUT2D eigenvalue weighted by atomic mass is 10.2. The Hall–Kier alpha value is -1.93. The van der Waals surface area contributed by atoms with Gasteiger partial charge in [-0.2, -0.15) is 0 Å². The molecule has 0 spiro atoms. The van der Waals surface area contributed by atoms with Gasteiger partial charge >= 0.3 is 0 Å². The number of carbonyl (C=O) groups excluding carboxylic acids is 1. The maximum atomic E-state index is 12.3. The Morgan fingerprint density at radius 1 is 1.15 bits per heavy atom. The summed E-state index contributed by atoms with van der Waals surface area (Å²) in [6, 6.07) is 13.7. The van der Waals surface area contributed by atoms with Gasteiger partial charge in [-0.25, -0.2) is 12.7 Å². The molecule has 0 aliphatic heterocycles. The maximum absolute atomic E-state index is 12.3. The first-order valence-corrected chi connectivity index (χ1v) is 9.88. The van der Waals surface area contributed by atoms with E-state index in [2.05, 4.69) is 5.32 Å². The fourth-order valence-corrected chi connectivity index (χ4v) is 3.64. The number of benzene rings is 2. The van der Waals surface area contributed by atoms with Gasteiger partial charge in [-0.05, 0) is 30.3 Å². The van der Waals surface area contributed by atoms with Crippen LogP contribution in [0, 0.1) is 0 Å². The highest BCUT2D eigenvalue weighted by atomic mass is 35.5. The summed E-state index contributed by atoms with van der Waals surface area (Å²) in [5.74, 6) is -0.191. The maximum Gasteiger partial charge on any atom is 0.279 e. The first-order valence-electron chi connectivity index (χ1n) is 8.06. The van der Waals surface area contributed by atoms with E-state index in [-0.39, 0.29) is 17.3 Å². The van der Waals surface area contributed by atoms with Gasteiger partial charge in [-0.3, -0.25) is 4.79 Å². The number of quaternary nitrogens is 1. The number of likely N-dealkylation sites (N-methyl/N-ethyl adjacent to an activating group) is 1. The minimum atomic E-state index is -3.54. The van der Waals surface area contributed by atoms with Crippen molar-refractivity contribution in [3.8, 4) is 0 Å². The lowest BCUT2D eigenvalue weighted by molar-refractivity contribution is -0.885. The Kier molecular flexibility index (Phi) is 6.77. The number of nitrogens with one attached hydrogen (secondary N) is 2. The van der Waals surface area contributed by atoms with Crippen LogP contribution in [0.15, 0.2) is 53.4 Å². The van der Waals surface area contributed by atoms with Crippen LogP contribution in [0.25, 0.3) is 0 Å². The van der Waals surface area contributed by atoms with E-state index in [1.807, 2.05) is 31.3 Å². The second-order valence-corrected chi connectivity index (χ2v) is 8.89. The molecule has 0 fully saturated rings. The molecule has 0 radical (unpaired) electrons. The lowest BCUT2D eigenvalue weighted by Crippen LogP contribution is -3.08. The molecule has 0 aromatic heterocycles. The van der Waals surface area contributed by atoms with Crippen molar-refractivity contribution in [2.45, 2.75) is 11.4 Å². The van der Waals surface area contributed by atoms with E-state index in [0.717, 1.165) is 14.8 Å². The van der Waals surface area contributed by atoms with Crippen molar-refractivity contribution in [1.29, 1.82) is 0 Å². The van der Waals surface area contributed by atoms with Crippen LogP contribution in [0.1, 0.15) is 5.56 Å². The SMILES string of the molecule is CN(C)S(=O)(=O)c1cccc(NC(=O)C[NH+](C)Cc2cccc(Cl)c2)c1. The largest absolute Gasteiger partial charge is 0.326 e. The molecule has 6 nitrogen and oxygen atoms in total. The molecule has 0 saturated heterocycles. The van der Waals surface area contributed by atoms with E-state index in [4.69, 9.17) is 11.6 Å². The number of hydrogen-bond acceptors (Lipinski definition) is 3. The van der Waals surface area contributed by atoms with E-state index in [0.29, 0.717) is 17.3 Å². The molecule has 0 aliphatic carbocycles. The standard InChI is InChI=1S/C18H22ClN3O3S/c1-21(2)26(24,25)17-9-5-8-16(11-17)20-18(23)13-22(3)12-14-6-4-7-15(19)10-14/h4-11H,12-13H2,1-3H3,(H,20,23)/p+1. The van der Waals surface area contributed by atoms with Crippen molar-refractivity contribution < 1.29 is 18.1 Å². The van der Waals surface area contributed by atoms with Gasteiger partial charge in [-0.1, -0.05) is 29.8 Å². The Labute approximate surface area is 159 Å². The fourth-order valence-electron chi connectivity index (χ4n) is 2.48. The average molecular weight is 397 g/mol. The molecule has 0 bridgehead atoms. The van der Waals surface area contributed by atoms with Crippen LogP contribution < -0.4 is 10.2 Å². The van der Waals surface area contributed by atoms with Crippen LogP contribution in [0.4, 0.5) is 5.69 Å². The molecule has 0 saturated carbocycles. The summed E-state index contributed by atoms with van der Waals surface area (Å²) in [6.07, 6.45) is 0. The highest BCUT2D eigenvalue weighted by molar-refractivity contribution is 7.89. The number of rotatable bonds is 7. The Morgan fingerprint density at radius 2 is 1.85 bits per heavy atom. The summed E-state index contributed by atoms with van der Waals surface area (Å²) in [4.78, 5) is 13.4. The van der Waals surface area contributed by atoms with Gasteiger partial charge in [0.25, 0.3) is 5.91 Å². The predicted molar refractivity (Wildman–Crippen MR) is 103 cm³/mol. The summed E-state index contributed by atoms with van der Waals surface area (Å²) in [5, 5.41) is 3.42. The lowest BCUT2D eigenvalue weighted by Gasteiger charge is -2.15. The summed E-state index contributed by atoms with van der Waals surface area (Å²) in [7, 11) is 1.31. The van der Waals surface area contributed by atoms with E-state index in [9.17, 15) is 13.2 Å². The molecule has 2 aromatic carbocycles. The van der Waals surface area contributed by atoms with E-state index >= 15 is 0 Å². The third-order valence-corrected chi connectivity index (χ3v) is 5.80. The summed E-state index contributed by atoms with van der Waals surface area (Å²) >= 11 is 5.97. The van der Waals surface area contributed by atoms with E-state index in [1.165, 1.54) is 26.2 Å². The number of carbonyl (C=O) groups is 1. The topological polar surface area (TPSA) is 70.9 Å². The van der Waals surface area contributed by atoms with Gasteiger partial charge in [0.2, 0.25) is 10.0 Å². The quantitative estimate of drug-likeness (QED) is 0.739. The van der Waals surface area contributed by atoms with Crippen LogP contribution in [-0.4, -0.2) is 46.3 Å². The molecule has 2 N–H and O–H groups in total. The molecule has 0 heterocycles. The summed E-state index contributed by atoms with van der Waals surface area (Å²) < 4.78 is 25.5. The third kappa shape index (κ3) is 5.54. The van der Waals surface area contributed by atoms with Gasteiger partial charge in [0.05, 0.1) is 11.9 Å². The number of halogens is 1. The highest BCUT2D eigenvalue weighted by Crippen LogP contribution is 2.17. The van der Waals surface area contributed by atoms with E-state index < -0.39 is 10.0 Å². The van der Waals surface area contributed by atoms with Crippen molar-refractivity contribution >= 4 is 33.2 Å². The number of sulfonamides is 1. The zero-order valence-corrected chi connectivity index (χ0v) is 16.6. The Morgan fingerprint density at radius 3 is 2.50 bits per heavy atom. The number of anilines is 1. The zero-order chi connectivity index (χ0) is 19.3. The Bertz CT molecular complexity index is 885. The molecule has 0 aliphatic rings. The van der Waals surface area contributed by atoms with Gasteiger partial charge in [0.1, 0.15) is 6.54 Å². The van der Waals surface area contributed by atoms with Crippen molar-refractivity contribution in [2.75, 3.05) is 33.0 Å². The van der Waals surface area contributed by atoms with Gasteiger partial charge < -0.3 is 10.2 Å². The number of amides is 1. The van der Waals surface area contributed by atoms with Crippen LogP contribution in [0.2, 0.25) is 5.02 Å². The van der Waals surface area contributed by atoms with Crippen LogP contribution in [0.5, 0.6) is 0 Å². The van der Waals surface area contributed by atoms with Crippen molar-refractivity contribution in [3.05, 3.63) is 59.1 Å². The van der Waals surface area contributed by atoms with Gasteiger partial charge in [0, 0.05) is 30.4 Å². The molecule has 2 aromatic rings. The van der Waals surface area contributed by atoms with Crippen LogP contribution >= 0.6 is 11.6 Å². The highest BCUT2D eigenvalue weighted by Gasteiger charge is 2.18. The average Bonchev–Trinajstić information content (AvgIpc) is 2.54. The van der Waals surface area contributed by atoms with Crippen LogP contribution in [0.3, 0.4) is 0 Å². The molecular weight excluding hydrogens is 374 g/mol. The molecule has 26 heavy (non-hydrogen) atoms. The number of nitrogens with zero attached hydrogens (tertiary/aromatic N) is 1. The van der Waals surface area contributed by atoms with Crippen LogP contribution in [-0.2, 0) is 21.4 Å². The Balaban J connectivity index is 1.99. The minimum Gasteiger partial charge on any atom is -0.326 e. The monoisotopic (exact) mass is 396 g/mol. The minimum absolute atomic E-state index is 0.139. The normalized spacial score (nSPS) is 12.8. The molecular formula is C18H23ClN3O3S+. The van der Waals surface area contributed by atoms with Gasteiger partial charge in [0.15, 0.2) is 6.54 Å². The summed E-state index contributed by atoms with van der Waals surface area (Å²) in [5.41, 5.74) is 1.50. The van der Waals surface area contributed by atoms with Crippen molar-refractivity contribution in [2.24, 2.45) is 0 Å². The first-order chi connectivity index (χ1) is 12.2. The van der Waals surface area contributed by atoms with Gasteiger partial charge in [-0.15, -0.1) is 0 Å². The molecule has 140 valence electrons. The van der Waals surface area contributed by atoms with Crippen molar-refractivity contribution in [1.82, 2.24) is 4.31 Å².